The van der Waals surface area contributed by atoms with Crippen LogP contribution in [0.3, 0.4) is 0 Å². The topological polar surface area (TPSA) is 29.1 Å². The Morgan fingerprint density at radius 1 is 0.958 bits per heavy atom. The molecule has 1 amide bonds. The lowest BCUT2D eigenvalue weighted by atomic mass is 9.96. The number of nitrogens with one attached hydrogen (secondary N) is 1. The van der Waals surface area contributed by atoms with Crippen LogP contribution in [-0.4, -0.2) is 5.91 Å². The van der Waals surface area contributed by atoms with Crippen LogP contribution in [0, 0.1) is 5.92 Å². The molecule has 2 rings (SSSR count). The lowest BCUT2D eigenvalue weighted by Gasteiger charge is -2.14. The maximum atomic E-state index is 12.4. The maximum absolute atomic E-state index is 12.4. The first kappa shape index (κ1) is 18.8. The average Bonchev–Trinajstić information content (AvgIpc) is 2.55. The van der Waals surface area contributed by atoms with E-state index < -0.39 is 0 Å². The first-order valence-corrected chi connectivity index (χ1v) is 8.93. The molecule has 1 atom stereocenters. The molecule has 4 heteroatoms. The Morgan fingerprint density at radius 3 is 2.17 bits per heavy atom. The van der Waals surface area contributed by atoms with Crippen LogP contribution < -0.4 is 5.32 Å². The van der Waals surface area contributed by atoms with Crippen LogP contribution in [0.5, 0.6) is 0 Å². The molecule has 1 unspecified atom stereocenters. The van der Waals surface area contributed by atoms with Crippen LogP contribution in [0.25, 0.3) is 0 Å². The van der Waals surface area contributed by atoms with Gasteiger partial charge in [0.05, 0.1) is 16.0 Å². The van der Waals surface area contributed by atoms with E-state index in [2.05, 4.69) is 31.3 Å². The highest BCUT2D eigenvalue weighted by Crippen LogP contribution is 2.23. The molecule has 0 saturated carbocycles. The fourth-order valence-corrected chi connectivity index (χ4v) is 2.88. The number of benzene rings is 2. The van der Waals surface area contributed by atoms with Crippen molar-refractivity contribution >= 4 is 29.1 Å². The molecule has 24 heavy (non-hydrogen) atoms. The summed E-state index contributed by atoms with van der Waals surface area (Å²) >= 11 is 11.9. The molecule has 0 radical (unpaired) electrons. The van der Waals surface area contributed by atoms with E-state index in [-0.39, 0.29) is 11.8 Å². The second-order valence-corrected chi connectivity index (χ2v) is 7.34. The van der Waals surface area contributed by atoms with Crippen LogP contribution in [0.4, 0.5) is 0 Å². The maximum Gasteiger partial charge on any atom is 0.227 e. The van der Waals surface area contributed by atoms with Crippen LogP contribution in [0.15, 0.2) is 42.5 Å². The number of rotatable bonds is 6. The molecule has 0 heterocycles. The Hall–Kier alpha value is -1.51. The summed E-state index contributed by atoms with van der Waals surface area (Å²) in [5.41, 5.74) is 3.25. The highest BCUT2D eigenvalue weighted by Gasteiger charge is 2.15. The first-order valence-electron chi connectivity index (χ1n) is 8.17. The molecule has 0 spiro atoms. The minimum Gasteiger partial charge on any atom is -0.352 e. The molecule has 0 aliphatic carbocycles. The molecule has 2 aromatic carbocycles. The van der Waals surface area contributed by atoms with E-state index in [1.807, 2.05) is 25.1 Å². The first-order chi connectivity index (χ1) is 11.4. The van der Waals surface area contributed by atoms with Crippen molar-refractivity contribution in [3.05, 3.63) is 69.2 Å². The van der Waals surface area contributed by atoms with Gasteiger partial charge in [-0.2, -0.15) is 0 Å². The van der Waals surface area contributed by atoms with Crippen LogP contribution >= 0.6 is 23.2 Å². The van der Waals surface area contributed by atoms with Gasteiger partial charge < -0.3 is 5.32 Å². The Balaban J connectivity index is 1.94. The molecule has 2 nitrogen and oxygen atoms in total. The fraction of sp³-hybridized carbons (Fsp3) is 0.350. The van der Waals surface area contributed by atoms with Crippen molar-refractivity contribution in [2.75, 3.05) is 0 Å². The monoisotopic (exact) mass is 363 g/mol. The zero-order chi connectivity index (χ0) is 17.7. The molecule has 2 aromatic rings. The molecule has 0 saturated heterocycles. The van der Waals surface area contributed by atoms with Crippen molar-refractivity contribution in [2.45, 2.75) is 39.7 Å². The predicted molar refractivity (Wildman–Crippen MR) is 102 cm³/mol. The third-order valence-electron chi connectivity index (χ3n) is 3.97. The zero-order valence-electron chi connectivity index (χ0n) is 14.3. The summed E-state index contributed by atoms with van der Waals surface area (Å²) in [4.78, 5) is 12.4. The Bertz CT molecular complexity index is 695. The molecular weight excluding hydrogens is 341 g/mol. The number of halogens is 2. The third-order valence-corrected chi connectivity index (χ3v) is 4.71. The average molecular weight is 364 g/mol. The van der Waals surface area contributed by atoms with Crippen molar-refractivity contribution in [3.8, 4) is 0 Å². The van der Waals surface area contributed by atoms with E-state index in [4.69, 9.17) is 23.2 Å². The van der Waals surface area contributed by atoms with Crippen LogP contribution in [0.1, 0.15) is 43.4 Å². The largest absolute Gasteiger partial charge is 0.352 e. The Kier molecular flexibility index (Phi) is 6.70. The molecule has 1 N–H and O–H groups in total. The lowest BCUT2D eigenvalue weighted by molar-refractivity contribution is -0.122. The van der Waals surface area contributed by atoms with E-state index >= 15 is 0 Å². The molecule has 0 aromatic heterocycles. The van der Waals surface area contributed by atoms with Gasteiger partial charge in [0, 0.05) is 6.54 Å². The van der Waals surface area contributed by atoms with E-state index in [1.54, 1.807) is 12.1 Å². The summed E-state index contributed by atoms with van der Waals surface area (Å²) in [5, 5.41) is 3.96. The van der Waals surface area contributed by atoms with Gasteiger partial charge in [-0.3, -0.25) is 4.79 Å². The minimum absolute atomic E-state index is 0.00215. The third kappa shape index (κ3) is 5.25. The zero-order valence-corrected chi connectivity index (χ0v) is 15.8. The second-order valence-electron chi connectivity index (χ2n) is 6.53. The number of hydrogen-bond acceptors (Lipinski definition) is 1. The molecule has 0 fully saturated rings. The van der Waals surface area contributed by atoms with Crippen molar-refractivity contribution in [2.24, 2.45) is 5.92 Å². The standard InChI is InChI=1S/C20H23Cl2NO/c1-13(2)10-15-4-7-17(8-5-15)14(3)20(24)23-12-16-6-9-18(21)19(22)11-16/h4-9,11,13-14H,10,12H2,1-3H3,(H,23,24). The molecular formula is C20H23Cl2NO. The molecule has 0 aliphatic heterocycles. The van der Waals surface area contributed by atoms with Gasteiger partial charge in [-0.05, 0) is 48.1 Å². The van der Waals surface area contributed by atoms with Gasteiger partial charge in [-0.1, -0.05) is 67.4 Å². The summed E-state index contributed by atoms with van der Waals surface area (Å²) in [5.74, 6) is 0.432. The highest BCUT2D eigenvalue weighted by atomic mass is 35.5. The normalized spacial score (nSPS) is 12.2. The molecule has 0 bridgehead atoms. The second kappa shape index (κ2) is 8.55. The fourth-order valence-electron chi connectivity index (χ4n) is 2.56. The van der Waals surface area contributed by atoms with Gasteiger partial charge in [-0.15, -0.1) is 0 Å². The number of hydrogen-bond donors (Lipinski definition) is 1. The number of carbonyl (C=O) groups excluding carboxylic acids is 1. The lowest BCUT2D eigenvalue weighted by Crippen LogP contribution is -2.27. The Morgan fingerprint density at radius 2 is 1.58 bits per heavy atom. The Labute approximate surface area is 154 Å². The summed E-state index contributed by atoms with van der Waals surface area (Å²) < 4.78 is 0. The van der Waals surface area contributed by atoms with E-state index in [9.17, 15) is 4.79 Å². The summed E-state index contributed by atoms with van der Waals surface area (Å²) in [7, 11) is 0. The van der Waals surface area contributed by atoms with Crippen molar-refractivity contribution in [1.82, 2.24) is 5.32 Å². The van der Waals surface area contributed by atoms with Gasteiger partial charge in [0.2, 0.25) is 5.91 Å². The van der Waals surface area contributed by atoms with Gasteiger partial charge in [0.25, 0.3) is 0 Å². The van der Waals surface area contributed by atoms with E-state index in [1.165, 1.54) is 5.56 Å². The van der Waals surface area contributed by atoms with E-state index in [0.717, 1.165) is 17.5 Å². The van der Waals surface area contributed by atoms with E-state index in [0.29, 0.717) is 22.5 Å². The summed E-state index contributed by atoms with van der Waals surface area (Å²) in [6, 6.07) is 13.7. The summed E-state index contributed by atoms with van der Waals surface area (Å²) in [6.45, 7) is 6.76. The van der Waals surface area contributed by atoms with Gasteiger partial charge in [-0.25, -0.2) is 0 Å². The van der Waals surface area contributed by atoms with Crippen LogP contribution in [0.2, 0.25) is 10.0 Å². The smallest absolute Gasteiger partial charge is 0.227 e. The van der Waals surface area contributed by atoms with Crippen LogP contribution in [-0.2, 0) is 17.8 Å². The SMILES string of the molecule is CC(C)Cc1ccc(C(C)C(=O)NCc2ccc(Cl)c(Cl)c2)cc1. The highest BCUT2D eigenvalue weighted by molar-refractivity contribution is 6.42. The van der Waals surface area contributed by atoms with Crippen molar-refractivity contribution < 1.29 is 4.79 Å². The number of carbonyl (C=O) groups is 1. The van der Waals surface area contributed by atoms with Gasteiger partial charge in [0.1, 0.15) is 0 Å². The molecule has 128 valence electrons. The summed E-state index contributed by atoms with van der Waals surface area (Å²) in [6.07, 6.45) is 1.05. The van der Waals surface area contributed by atoms with Gasteiger partial charge in [0.15, 0.2) is 0 Å². The minimum atomic E-state index is -0.194. The number of amides is 1. The van der Waals surface area contributed by atoms with Crippen molar-refractivity contribution in [3.63, 3.8) is 0 Å². The predicted octanol–water partition coefficient (Wildman–Crippen LogP) is 5.61. The quantitative estimate of drug-likeness (QED) is 0.709. The molecule has 0 aliphatic rings. The van der Waals surface area contributed by atoms with Crippen molar-refractivity contribution in [1.29, 1.82) is 0 Å². The van der Waals surface area contributed by atoms with Gasteiger partial charge >= 0.3 is 0 Å².